The van der Waals surface area contributed by atoms with E-state index in [9.17, 15) is 9.59 Å². The molecule has 0 aromatic heterocycles. The molecule has 0 aliphatic rings. The number of carbonyl (C=O) groups is 2. The molecule has 62 heavy (non-hydrogen) atoms. The summed E-state index contributed by atoms with van der Waals surface area (Å²) in [5, 5.41) is 14.6. The van der Waals surface area contributed by atoms with Crippen molar-refractivity contribution in [1.29, 1.82) is 0 Å². The third-order valence-electron chi connectivity index (χ3n) is 7.93. The zero-order chi connectivity index (χ0) is 45.3. The Labute approximate surface area is 376 Å². The number of ether oxygens (including phenoxy) is 3. The van der Waals surface area contributed by atoms with Gasteiger partial charge in [-0.05, 0) is 169 Å². The molecule has 0 radical (unpaired) electrons. The second kappa shape index (κ2) is 23.2. The van der Waals surface area contributed by atoms with Gasteiger partial charge in [0.2, 0.25) is 7.07 Å². The van der Waals surface area contributed by atoms with E-state index in [1.54, 1.807) is 49.5 Å². The van der Waals surface area contributed by atoms with Gasteiger partial charge in [-0.3, -0.25) is 0 Å². The molecule has 14 nitrogen and oxygen atoms in total. The van der Waals surface area contributed by atoms with Gasteiger partial charge in [0.25, 0.3) is 0 Å². The van der Waals surface area contributed by atoms with E-state index in [0.717, 1.165) is 28.0 Å². The first kappa shape index (κ1) is 49.3. The van der Waals surface area contributed by atoms with E-state index < -0.39 is 37.1 Å². The number of amides is 2. The van der Waals surface area contributed by atoms with Gasteiger partial charge in [-0.25, -0.2) is 19.1 Å². The fourth-order valence-electron chi connectivity index (χ4n) is 4.97. The Morgan fingerprint density at radius 2 is 1.26 bits per heavy atom. The third-order valence-corrected chi connectivity index (χ3v) is 12.9. The molecule has 2 amide bonds. The molecule has 0 heterocycles. The fraction of sp³-hybridized carbons (Fsp3) is 0.364. The smallest absolute Gasteiger partial charge is 0.411 e. The summed E-state index contributed by atoms with van der Waals surface area (Å²) in [5.41, 5.74) is 2.27. The monoisotopic (exact) mass is 922 g/mol. The number of alkyl carbamates (subject to hydrolysis) is 2. The molecule has 0 fully saturated rings. The molecule has 0 bridgehead atoms. The molecule has 2 atom stereocenters. The summed E-state index contributed by atoms with van der Waals surface area (Å²) in [7, 11) is 1.57. The highest BCUT2D eigenvalue weighted by Crippen LogP contribution is 2.51. The van der Waals surface area contributed by atoms with Crippen molar-refractivity contribution in [1.82, 2.24) is 20.2 Å². The number of hydrogen-bond donors (Lipinski definition) is 2. The SMILES string of the molecule is CCOc1ccc(/C=N/N(C)[PH](=S)Oc2ccc(/C=N/N(C)P(=S)(Oc3c#cc(CCNC(=O)OC(C)(C)C)cc3)Oc3ccc(CCNC(=O)OC(C)(C)C)cc3)cc2)cc1. The van der Waals surface area contributed by atoms with Gasteiger partial charge in [-0.15, -0.1) is 0 Å². The Morgan fingerprint density at radius 1 is 0.726 bits per heavy atom. The minimum absolute atomic E-state index is 0.306. The number of hydrazone groups is 2. The maximum atomic E-state index is 12.1. The van der Waals surface area contributed by atoms with Gasteiger partial charge in [0.05, 0.1) is 19.0 Å². The number of carbonyl (C=O) groups excluding carboxylic acids is 2. The first-order chi connectivity index (χ1) is 29.3. The van der Waals surface area contributed by atoms with Crippen LogP contribution in [0, 0.1) is 12.1 Å². The van der Waals surface area contributed by atoms with Crippen LogP contribution in [-0.4, -0.2) is 79.2 Å². The second-order valence-corrected chi connectivity index (χ2v) is 21.3. The van der Waals surface area contributed by atoms with Crippen LogP contribution in [-0.2, 0) is 45.9 Å². The van der Waals surface area contributed by atoms with Gasteiger partial charge >= 0.3 is 18.8 Å². The van der Waals surface area contributed by atoms with E-state index in [4.69, 9.17) is 51.4 Å². The minimum atomic E-state index is -3.39. The van der Waals surface area contributed by atoms with E-state index in [0.29, 0.717) is 49.8 Å². The lowest BCUT2D eigenvalue weighted by Crippen LogP contribution is -2.33. The van der Waals surface area contributed by atoms with Gasteiger partial charge in [-0.2, -0.15) is 10.2 Å². The van der Waals surface area contributed by atoms with E-state index in [1.165, 1.54) is 4.78 Å². The molecule has 2 N–H and O–H groups in total. The topological polar surface area (TPSA) is 145 Å². The van der Waals surface area contributed by atoms with Gasteiger partial charge < -0.3 is 38.4 Å². The fourth-order valence-corrected chi connectivity index (χ4v) is 7.84. The third kappa shape index (κ3) is 18.0. The summed E-state index contributed by atoms with van der Waals surface area (Å²) in [4.78, 5) is 24.1. The molecule has 2 unspecified atom stereocenters. The zero-order valence-corrected chi connectivity index (χ0v) is 40.1. The van der Waals surface area contributed by atoms with E-state index >= 15 is 0 Å². The Balaban J connectivity index is 1.42. The predicted molar refractivity (Wildman–Crippen MR) is 253 cm³/mol. The summed E-state index contributed by atoms with van der Waals surface area (Å²) in [5.74, 6) is 2.17. The Bertz CT molecular complexity index is 2100. The van der Waals surface area contributed by atoms with E-state index in [1.807, 2.05) is 115 Å². The van der Waals surface area contributed by atoms with Gasteiger partial charge in [0.1, 0.15) is 28.5 Å². The Hall–Kier alpha value is -5.32. The molecule has 0 aliphatic heterocycles. The first-order valence-electron chi connectivity index (χ1n) is 19.8. The minimum Gasteiger partial charge on any atom is -0.494 e. The van der Waals surface area contributed by atoms with Crippen molar-refractivity contribution >= 4 is 61.9 Å². The molecular formula is C44H56N6O8P2S2. The average molecular weight is 923 g/mol. The lowest BCUT2D eigenvalue weighted by Gasteiger charge is -2.28. The molecule has 18 heteroatoms. The molecule has 0 aliphatic carbocycles. The molecule has 332 valence electrons. The van der Waals surface area contributed by atoms with Crippen molar-refractivity contribution < 1.29 is 37.4 Å². The normalized spacial score (nSPS) is 12.2. The van der Waals surface area contributed by atoms with E-state index in [-0.39, 0.29) is 0 Å². The van der Waals surface area contributed by atoms with Crippen LogP contribution in [0.3, 0.4) is 0 Å². The highest BCUT2D eigenvalue weighted by atomic mass is 32.5. The van der Waals surface area contributed by atoms with Gasteiger partial charge in [0.15, 0.2) is 5.75 Å². The van der Waals surface area contributed by atoms with Crippen LogP contribution in [0.25, 0.3) is 0 Å². The van der Waals surface area contributed by atoms with Gasteiger partial charge in [-0.1, -0.05) is 18.2 Å². The lowest BCUT2D eigenvalue weighted by atomic mass is 10.1. The lowest BCUT2D eigenvalue weighted by molar-refractivity contribution is 0.0517. The number of nitrogens with one attached hydrogen (secondary N) is 2. The van der Waals surface area contributed by atoms with Crippen LogP contribution in [0.2, 0.25) is 0 Å². The van der Waals surface area contributed by atoms with Crippen molar-refractivity contribution in [2.24, 2.45) is 10.2 Å². The second-order valence-electron chi connectivity index (χ2n) is 15.6. The summed E-state index contributed by atoms with van der Waals surface area (Å²) < 4.78 is 38.1. The van der Waals surface area contributed by atoms with Crippen molar-refractivity contribution in [3.05, 3.63) is 119 Å². The van der Waals surface area contributed by atoms with Crippen LogP contribution >= 0.6 is 13.7 Å². The van der Waals surface area contributed by atoms with Crippen LogP contribution in [0.15, 0.2) is 95.1 Å². The van der Waals surface area contributed by atoms with Gasteiger partial charge in [0, 0.05) is 44.6 Å². The summed E-state index contributed by atoms with van der Waals surface area (Å²) >= 11 is 11.7. The van der Waals surface area contributed by atoms with Crippen molar-refractivity contribution in [2.75, 3.05) is 33.8 Å². The van der Waals surface area contributed by atoms with Crippen molar-refractivity contribution in [3.63, 3.8) is 0 Å². The molecule has 0 spiro atoms. The maximum Gasteiger partial charge on any atom is 0.411 e. The number of benzene rings is 3. The molecule has 0 saturated heterocycles. The maximum absolute atomic E-state index is 12.1. The molecule has 0 saturated carbocycles. The van der Waals surface area contributed by atoms with Crippen molar-refractivity contribution in [3.8, 4) is 23.0 Å². The van der Waals surface area contributed by atoms with E-state index in [2.05, 4.69) is 33.0 Å². The molecular weight excluding hydrogens is 867 g/mol. The Kier molecular flexibility index (Phi) is 18.5. The molecule has 4 aromatic carbocycles. The predicted octanol–water partition coefficient (Wildman–Crippen LogP) is 9.32. The summed E-state index contributed by atoms with van der Waals surface area (Å²) in [6, 6.07) is 32.0. The summed E-state index contributed by atoms with van der Waals surface area (Å²) in [6.07, 6.45) is 3.48. The van der Waals surface area contributed by atoms with Crippen LogP contribution in [0.5, 0.6) is 23.0 Å². The zero-order valence-electron chi connectivity index (χ0n) is 36.6. The first-order valence-corrected chi connectivity index (χ1v) is 24.9. The number of hydrogen-bond acceptors (Lipinski definition) is 12. The van der Waals surface area contributed by atoms with Crippen LogP contribution < -0.4 is 28.9 Å². The highest BCUT2D eigenvalue weighted by molar-refractivity contribution is 8.09. The quantitative estimate of drug-likeness (QED) is 0.0495. The number of rotatable bonds is 20. The molecule has 4 aromatic rings. The standard InChI is InChI=1S/C44H56N6O8P2S2/c1-10-53-37-19-15-35(16-20-37)31-47-49(8)59(61)56-38-21-17-36(18-22-38)32-48-50(9)60(62,57-39-23-11-33(12-24-39)27-29-45-41(51)54-43(2,3)4)58-40-25-13-34(14-26-40)28-30-46-42(52)55-44(5,6)7/h11-13,15-25,31-32,59H,10,27-30H2,1-9H3,(H,45,51)(H,46,52)/b47-31+,48-32+. The Morgan fingerprint density at radius 3 is 1.79 bits per heavy atom. The van der Waals surface area contributed by atoms with Crippen LogP contribution in [0.1, 0.15) is 70.7 Å². The van der Waals surface area contributed by atoms with Crippen LogP contribution in [0.4, 0.5) is 9.59 Å². The number of nitrogens with zero attached hydrogens (tertiary/aromatic N) is 4. The molecule has 4 rings (SSSR count). The largest absolute Gasteiger partial charge is 0.494 e. The summed E-state index contributed by atoms with van der Waals surface area (Å²) in [6.45, 7) is 10.8. The van der Waals surface area contributed by atoms with Crippen molar-refractivity contribution in [2.45, 2.75) is 72.5 Å². The highest BCUT2D eigenvalue weighted by Gasteiger charge is 2.29. The average Bonchev–Trinajstić information content (AvgIpc) is 3.20.